The summed E-state index contributed by atoms with van der Waals surface area (Å²) in [6.07, 6.45) is 3.98. The summed E-state index contributed by atoms with van der Waals surface area (Å²) in [4.78, 5) is 43.2. The Morgan fingerprint density at radius 2 is 1.26 bits per heavy atom. The molecule has 1 saturated heterocycles. The smallest absolute Gasteiger partial charge is 0.293 e. The van der Waals surface area contributed by atoms with E-state index in [9.17, 15) is 14.4 Å². The number of hydrogen-bond donors (Lipinski definition) is 0. The summed E-state index contributed by atoms with van der Waals surface area (Å²) in [5.41, 5.74) is 2.09. The Labute approximate surface area is 189 Å². The molecule has 6 heteroatoms. The summed E-state index contributed by atoms with van der Waals surface area (Å²) >= 11 is 3.22. The van der Waals surface area contributed by atoms with Crippen LogP contribution >= 0.6 is 23.5 Å². The third kappa shape index (κ3) is 2.72. The molecule has 0 spiro atoms. The van der Waals surface area contributed by atoms with Crippen molar-refractivity contribution in [2.45, 2.75) is 15.8 Å². The third-order valence-electron chi connectivity index (χ3n) is 6.31. The largest absolute Gasteiger partial charge is 0.359 e. The zero-order valence-corrected chi connectivity index (χ0v) is 18.7. The maximum absolute atomic E-state index is 14.0. The number of carbonyl (C=O) groups excluding carboxylic acids is 3. The van der Waals surface area contributed by atoms with Crippen LogP contribution in [0.2, 0.25) is 0 Å². The molecule has 0 N–H and O–H groups in total. The molecule has 154 valence electrons. The fourth-order valence-corrected chi connectivity index (χ4v) is 5.61. The number of ketones is 1. The van der Waals surface area contributed by atoms with Gasteiger partial charge in [-0.05, 0) is 42.8 Å². The molecule has 2 amide bonds. The molecule has 0 aromatic heterocycles. The lowest BCUT2D eigenvalue weighted by molar-refractivity contribution is -0.146. The molecule has 0 saturated carbocycles. The third-order valence-corrected chi connectivity index (χ3v) is 7.80. The lowest BCUT2D eigenvalue weighted by Crippen LogP contribution is -2.74. The number of benzene rings is 3. The molecule has 3 heterocycles. The van der Waals surface area contributed by atoms with E-state index in [4.69, 9.17) is 0 Å². The van der Waals surface area contributed by atoms with Gasteiger partial charge in [0.05, 0.1) is 5.56 Å². The summed E-state index contributed by atoms with van der Waals surface area (Å²) in [5, 5.41) is 0. The molecule has 3 aromatic carbocycles. The zero-order valence-electron chi connectivity index (χ0n) is 17.1. The summed E-state index contributed by atoms with van der Waals surface area (Å²) in [6.45, 7) is 0. The monoisotopic (exact) mass is 446 g/mol. The van der Waals surface area contributed by atoms with Gasteiger partial charge in [0, 0.05) is 33.1 Å². The molecule has 0 radical (unpaired) electrons. The van der Waals surface area contributed by atoms with Gasteiger partial charge in [-0.1, -0.05) is 30.3 Å². The van der Waals surface area contributed by atoms with E-state index >= 15 is 0 Å². The van der Waals surface area contributed by atoms with Crippen molar-refractivity contribution in [3.05, 3.63) is 89.5 Å². The highest BCUT2D eigenvalue weighted by Crippen LogP contribution is 2.55. The first-order valence-electron chi connectivity index (χ1n) is 9.94. The molecule has 0 aliphatic carbocycles. The minimum absolute atomic E-state index is 0.264. The molecule has 3 aliphatic rings. The molecular formula is C25H20NO3S2+. The van der Waals surface area contributed by atoms with Crippen molar-refractivity contribution in [1.29, 1.82) is 0 Å². The summed E-state index contributed by atoms with van der Waals surface area (Å²) in [7, 11) is 0. The van der Waals surface area contributed by atoms with Crippen LogP contribution in [0.4, 0.5) is 5.69 Å². The number of hydrogen-bond acceptors (Lipinski definition) is 5. The SMILES string of the molecule is CSc1ccc(C2[C@H]3C(=O)c4ccccc4C(=O)[N@@+]2(c2ccc(SC)cc2)C3=O)cc1. The number of β-lactam (4-membered cyclic amide) rings is 1. The van der Waals surface area contributed by atoms with Crippen molar-refractivity contribution in [3.8, 4) is 0 Å². The van der Waals surface area contributed by atoms with E-state index < -0.39 is 16.4 Å². The lowest BCUT2D eigenvalue weighted by atomic mass is 9.76. The van der Waals surface area contributed by atoms with E-state index in [2.05, 4.69) is 0 Å². The van der Waals surface area contributed by atoms with Crippen LogP contribution in [-0.2, 0) is 4.79 Å². The van der Waals surface area contributed by atoms with Crippen molar-refractivity contribution in [1.82, 2.24) is 4.48 Å². The predicted molar refractivity (Wildman–Crippen MR) is 125 cm³/mol. The quantitative estimate of drug-likeness (QED) is 0.177. The van der Waals surface area contributed by atoms with Crippen LogP contribution in [0.1, 0.15) is 32.3 Å². The zero-order chi connectivity index (χ0) is 21.8. The predicted octanol–water partition coefficient (Wildman–Crippen LogP) is 5.37. The average Bonchev–Trinajstić information content (AvgIpc) is 2.95. The Kier molecular flexibility index (Phi) is 4.88. The number of Topliss-reactive ketones (excluding diaryl/α,β-unsaturated/α-hetero) is 1. The molecule has 31 heavy (non-hydrogen) atoms. The van der Waals surface area contributed by atoms with Crippen molar-refractivity contribution < 1.29 is 14.4 Å². The van der Waals surface area contributed by atoms with Crippen molar-refractivity contribution in [3.63, 3.8) is 0 Å². The Morgan fingerprint density at radius 1 is 0.710 bits per heavy atom. The second-order valence-electron chi connectivity index (χ2n) is 7.67. The number of amides is 2. The summed E-state index contributed by atoms with van der Waals surface area (Å²) < 4.78 is -0.472. The van der Waals surface area contributed by atoms with Crippen molar-refractivity contribution >= 4 is 46.8 Å². The van der Waals surface area contributed by atoms with E-state index in [0.29, 0.717) is 16.8 Å². The fraction of sp³-hybridized carbons (Fsp3) is 0.160. The minimum Gasteiger partial charge on any atom is -0.293 e. The number of imide groups is 1. The van der Waals surface area contributed by atoms with Gasteiger partial charge in [-0.2, -0.15) is 4.48 Å². The maximum Gasteiger partial charge on any atom is 0.359 e. The summed E-state index contributed by atoms with van der Waals surface area (Å²) in [6, 6.07) is 21.6. The second-order valence-corrected chi connectivity index (χ2v) is 9.43. The van der Waals surface area contributed by atoms with Gasteiger partial charge in [0.15, 0.2) is 17.7 Å². The number of nitrogens with zero attached hydrogens (tertiary/aromatic N) is 1. The van der Waals surface area contributed by atoms with Gasteiger partial charge < -0.3 is 0 Å². The Morgan fingerprint density at radius 3 is 1.84 bits per heavy atom. The van der Waals surface area contributed by atoms with Gasteiger partial charge in [-0.3, -0.25) is 4.79 Å². The van der Waals surface area contributed by atoms with E-state index in [1.54, 1.807) is 47.8 Å². The van der Waals surface area contributed by atoms with Crippen LogP contribution < -0.4 is 4.48 Å². The van der Waals surface area contributed by atoms with Crippen molar-refractivity contribution in [2.24, 2.45) is 5.92 Å². The molecule has 3 atom stereocenters. The van der Waals surface area contributed by atoms with Gasteiger partial charge in [-0.15, -0.1) is 23.5 Å². The van der Waals surface area contributed by atoms with Crippen LogP contribution in [0, 0.1) is 5.92 Å². The molecule has 3 aliphatic heterocycles. The molecule has 1 unspecified atom stereocenters. The molecule has 2 bridgehead atoms. The Balaban J connectivity index is 1.77. The normalized spacial score (nSPS) is 24.4. The number of quaternary nitrogens is 1. The van der Waals surface area contributed by atoms with Crippen molar-refractivity contribution in [2.75, 3.05) is 12.5 Å². The van der Waals surface area contributed by atoms with Gasteiger partial charge in [0.1, 0.15) is 5.69 Å². The van der Waals surface area contributed by atoms with Crippen LogP contribution in [0.25, 0.3) is 0 Å². The van der Waals surface area contributed by atoms with E-state index in [1.165, 1.54) is 0 Å². The van der Waals surface area contributed by atoms with E-state index in [-0.39, 0.29) is 17.6 Å². The van der Waals surface area contributed by atoms with Gasteiger partial charge in [0.2, 0.25) is 0 Å². The standard InChI is InChI=1S/C25H20NO3S2/c1-30-17-11-7-15(8-12-17)22-21-23(27)19-5-3-4-6-20(19)24(28)26(22,25(21)29)16-9-13-18(31-2)14-10-16/h3-14,21-22H,1-2H3/q+1/t21-,22?,26-/m0/s1. The van der Waals surface area contributed by atoms with Gasteiger partial charge >= 0.3 is 11.8 Å². The van der Waals surface area contributed by atoms with Crippen LogP contribution in [-0.4, -0.2) is 30.1 Å². The molecule has 6 rings (SSSR count). The number of carbonyl (C=O) groups is 3. The van der Waals surface area contributed by atoms with E-state index in [1.807, 2.05) is 61.0 Å². The maximum atomic E-state index is 14.0. The van der Waals surface area contributed by atoms with Crippen LogP contribution in [0.5, 0.6) is 0 Å². The minimum atomic E-state index is -0.868. The topological polar surface area (TPSA) is 51.2 Å². The summed E-state index contributed by atoms with van der Waals surface area (Å²) in [5.74, 6) is -1.81. The highest BCUT2D eigenvalue weighted by Gasteiger charge is 2.74. The second kappa shape index (κ2) is 7.48. The van der Waals surface area contributed by atoms with Gasteiger partial charge in [-0.25, -0.2) is 9.59 Å². The van der Waals surface area contributed by atoms with E-state index in [0.717, 1.165) is 15.4 Å². The number of rotatable bonds is 4. The van der Waals surface area contributed by atoms with Crippen LogP contribution in [0.3, 0.4) is 0 Å². The Bertz CT molecular complexity index is 1220. The van der Waals surface area contributed by atoms with Crippen LogP contribution in [0.15, 0.2) is 82.6 Å². The first kappa shape index (κ1) is 20.2. The fourth-order valence-electron chi connectivity index (χ4n) is 4.80. The first-order valence-corrected chi connectivity index (χ1v) is 12.4. The van der Waals surface area contributed by atoms with Gasteiger partial charge in [0.25, 0.3) is 0 Å². The molecular weight excluding hydrogens is 426 g/mol. The lowest BCUT2D eigenvalue weighted by Gasteiger charge is -2.49. The number of thioether (sulfide) groups is 2. The first-order chi connectivity index (χ1) is 15.0. The molecule has 3 aromatic rings. The highest BCUT2D eigenvalue weighted by atomic mass is 32.2. The molecule has 4 nitrogen and oxygen atoms in total. The Hall–Kier alpha value is -2.67. The average molecular weight is 447 g/mol. The highest BCUT2D eigenvalue weighted by molar-refractivity contribution is 7.98. The molecule has 1 fully saturated rings.